The minimum atomic E-state index is -0.257. The molecule has 4 aromatic rings. The average molecular weight is 445 g/mol. The van der Waals surface area contributed by atoms with Crippen LogP contribution < -0.4 is 0 Å². The van der Waals surface area contributed by atoms with Crippen molar-refractivity contribution in [1.82, 2.24) is 19.0 Å². The number of aromatic nitrogens is 3. The molecule has 1 unspecified atom stereocenters. The Morgan fingerprint density at radius 2 is 1.84 bits per heavy atom. The first kappa shape index (κ1) is 20.6. The minimum Gasteiger partial charge on any atom is -0.333 e. The summed E-state index contributed by atoms with van der Waals surface area (Å²) in [4.78, 5) is 32.4. The Morgan fingerprint density at radius 1 is 1.06 bits per heavy atom. The molecule has 4 heterocycles. The van der Waals surface area contributed by atoms with Gasteiger partial charge in [-0.3, -0.25) is 14.3 Å². The summed E-state index contributed by atoms with van der Waals surface area (Å²) < 4.78 is 3.48. The molecule has 1 aliphatic rings. The van der Waals surface area contributed by atoms with Gasteiger partial charge in [-0.25, -0.2) is 4.79 Å². The second kappa shape index (κ2) is 7.38. The van der Waals surface area contributed by atoms with Crippen molar-refractivity contribution in [3.63, 3.8) is 0 Å². The Morgan fingerprint density at radius 3 is 2.56 bits per heavy atom. The largest absolute Gasteiger partial charge is 0.333 e. The highest BCUT2D eigenvalue weighted by Gasteiger charge is 2.42. The smallest absolute Gasteiger partial charge is 0.328 e. The molecule has 0 radical (unpaired) electrons. The topological polar surface area (TPSA) is 60.1 Å². The first-order valence-electron chi connectivity index (χ1n) is 10.4. The number of carbonyl (C=O) groups is 2. The van der Waals surface area contributed by atoms with Crippen LogP contribution in [0.5, 0.6) is 0 Å². The monoisotopic (exact) mass is 444 g/mol. The number of nitrogens with zero attached hydrogens (tertiary/aromatic N) is 4. The first-order valence-corrected chi connectivity index (χ1v) is 11.3. The number of fused-ring (bicyclic) bond motifs is 2. The van der Waals surface area contributed by atoms with Crippen molar-refractivity contribution in [1.29, 1.82) is 0 Å². The molecule has 0 N–H and O–H groups in total. The lowest BCUT2D eigenvalue weighted by Crippen LogP contribution is -2.26. The van der Waals surface area contributed by atoms with Crippen LogP contribution in [-0.2, 0) is 4.75 Å². The molecule has 0 saturated heterocycles. The summed E-state index contributed by atoms with van der Waals surface area (Å²) >= 11 is 1.81. The van der Waals surface area contributed by atoms with Gasteiger partial charge in [0.2, 0.25) is 0 Å². The van der Waals surface area contributed by atoms with Crippen LogP contribution in [0.2, 0.25) is 0 Å². The summed E-state index contributed by atoms with van der Waals surface area (Å²) in [5.41, 5.74) is 4.04. The van der Waals surface area contributed by atoms with E-state index >= 15 is 0 Å². The molecule has 7 heteroatoms. The number of thioether (sulfide) groups is 1. The van der Waals surface area contributed by atoms with Gasteiger partial charge in [0.05, 0.1) is 10.3 Å². The molecule has 1 aliphatic heterocycles. The maximum Gasteiger partial charge on any atom is 0.328 e. The number of rotatable bonds is 3. The molecule has 5 rings (SSSR count). The maximum atomic E-state index is 13.8. The Bertz CT molecular complexity index is 1350. The lowest BCUT2D eigenvalue weighted by atomic mass is 9.97. The summed E-state index contributed by atoms with van der Waals surface area (Å²) in [6.07, 6.45) is 7.31. The molecular weight excluding hydrogens is 420 g/mol. The fourth-order valence-corrected chi connectivity index (χ4v) is 5.93. The molecule has 1 aromatic carbocycles. The zero-order chi connectivity index (χ0) is 22.6. The lowest BCUT2D eigenvalue weighted by Gasteiger charge is -2.18. The molecule has 32 heavy (non-hydrogen) atoms. The van der Waals surface area contributed by atoms with Gasteiger partial charge in [0.25, 0.3) is 0 Å². The van der Waals surface area contributed by atoms with E-state index < -0.39 is 0 Å². The van der Waals surface area contributed by atoms with Crippen LogP contribution in [0.1, 0.15) is 46.4 Å². The van der Waals surface area contributed by atoms with Crippen molar-refractivity contribution >= 4 is 34.5 Å². The third-order valence-electron chi connectivity index (χ3n) is 5.90. The third kappa shape index (κ3) is 3.07. The van der Waals surface area contributed by atoms with E-state index in [1.807, 2.05) is 48.8 Å². The van der Waals surface area contributed by atoms with Crippen LogP contribution in [0.25, 0.3) is 10.9 Å². The summed E-state index contributed by atoms with van der Waals surface area (Å²) in [5.74, 6) is -0.0687. The number of pyridine rings is 1. The third-order valence-corrected chi connectivity index (χ3v) is 7.41. The number of para-hydroxylation sites is 1. The van der Waals surface area contributed by atoms with E-state index in [2.05, 4.69) is 29.5 Å². The van der Waals surface area contributed by atoms with E-state index in [0.29, 0.717) is 11.1 Å². The normalized spacial score (nSPS) is 16.8. The second-order valence-electron chi connectivity index (χ2n) is 8.69. The maximum absolute atomic E-state index is 13.8. The Labute approximate surface area is 190 Å². The Hall–Kier alpha value is -3.32. The van der Waals surface area contributed by atoms with E-state index in [9.17, 15) is 9.59 Å². The van der Waals surface area contributed by atoms with Gasteiger partial charge in [0.1, 0.15) is 5.37 Å². The number of benzene rings is 1. The first-order chi connectivity index (χ1) is 15.3. The number of hydrogen-bond acceptors (Lipinski definition) is 4. The molecule has 0 spiro atoms. The zero-order valence-electron chi connectivity index (χ0n) is 18.4. The molecule has 1 atom stereocenters. The summed E-state index contributed by atoms with van der Waals surface area (Å²) in [5, 5.41) is 0.840. The van der Waals surface area contributed by atoms with Gasteiger partial charge >= 0.3 is 6.03 Å². The molecule has 0 aliphatic carbocycles. The van der Waals surface area contributed by atoms with Gasteiger partial charge in [-0.15, -0.1) is 11.8 Å². The average Bonchev–Trinajstić information content (AvgIpc) is 3.46. The van der Waals surface area contributed by atoms with Crippen molar-refractivity contribution < 1.29 is 9.59 Å². The summed E-state index contributed by atoms with van der Waals surface area (Å²) in [6.45, 7) is 4.30. The predicted molar refractivity (Wildman–Crippen MR) is 127 cm³/mol. The van der Waals surface area contributed by atoms with E-state index in [1.54, 1.807) is 42.8 Å². The van der Waals surface area contributed by atoms with Gasteiger partial charge in [-0.1, -0.05) is 24.3 Å². The van der Waals surface area contributed by atoms with Crippen LogP contribution >= 0.6 is 11.8 Å². The minimum absolute atomic E-state index is 0.0620. The second-order valence-corrected chi connectivity index (χ2v) is 10.4. The van der Waals surface area contributed by atoms with E-state index in [0.717, 1.165) is 22.2 Å². The van der Waals surface area contributed by atoms with Crippen molar-refractivity contribution in [2.45, 2.75) is 24.0 Å². The molecule has 6 nitrogen and oxygen atoms in total. The highest BCUT2D eigenvalue weighted by molar-refractivity contribution is 8.00. The standard InChI is InChI=1S/C25H24N4O2S/c1-25(2)22-18(11-13-28(22)23(32-25)16-8-7-12-26-14-16)21(30)19-15-29(24(31)27(3)4)20-10-6-5-9-17(19)20/h5-15,23H,1-4H3. The Kier molecular flexibility index (Phi) is 4.74. The van der Waals surface area contributed by atoms with E-state index in [4.69, 9.17) is 0 Å². The van der Waals surface area contributed by atoms with Gasteiger partial charge < -0.3 is 9.47 Å². The molecule has 3 aromatic heterocycles. The highest BCUT2D eigenvalue weighted by atomic mass is 32.2. The number of amides is 1. The van der Waals surface area contributed by atoms with Crippen LogP contribution in [0.15, 0.2) is 67.3 Å². The highest BCUT2D eigenvalue weighted by Crippen LogP contribution is 2.54. The number of hydrogen-bond donors (Lipinski definition) is 0. The van der Waals surface area contributed by atoms with Gasteiger partial charge in [0, 0.05) is 66.7 Å². The van der Waals surface area contributed by atoms with Gasteiger partial charge in [0.15, 0.2) is 5.78 Å². The Balaban J connectivity index is 1.64. The molecule has 0 saturated carbocycles. The SMILES string of the molecule is CN(C)C(=O)n1cc(C(=O)c2ccn3c2C(C)(C)SC3c2cccnc2)c2ccccc21. The van der Waals surface area contributed by atoms with Crippen molar-refractivity contribution in [3.8, 4) is 0 Å². The van der Waals surface area contributed by atoms with Gasteiger partial charge in [-0.2, -0.15) is 0 Å². The molecular formula is C25H24N4O2S. The van der Waals surface area contributed by atoms with Crippen LogP contribution in [0.3, 0.4) is 0 Å². The van der Waals surface area contributed by atoms with Crippen molar-refractivity contribution in [2.24, 2.45) is 0 Å². The fraction of sp³-hybridized carbons (Fsp3) is 0.240. The lowest BCUT2D eigenvalue weighted by molar-refractivity contribution is 0.103. The molecule has 0 bridgehead atoms. The molecule has 162 valence electrons. The number of carbonyl (C=O) groups excluding carboxylic acids is 2. The molecule has 1 amide bonds. The summed E-state index contributed by atoms with van der Waals surface area (Å²) in [6, 6.07) is 13.3. The van der Waals surface area contributed by atoms with Crippen LogP contribution in [0.4, 0.5) is 4.79 Å². The predicted octanol–water partition coefficient (Wildman–Crippen LogP) is 5.13. The van der Waals surface area contributed by atoms with E-state index in [-0.39, 0.29) is 21.9 Å². The fourth-order valence-electron chi connectivity index (χ4n) is 4.48. The van der Waals surface area contributed by atoms with Crippen LogP contribution in [0, 0.1) is 0 Å². The summed E-state index contributed by atoms with van der Waals surface area (Å²) in [7, 11) is 3.41. The van der Waals surface area contributed by atoms with E-state index in [1.165, 1.54) is 4.90 Å². The van der Waals surface area contributed by atoms with Crippen LogP contribution in [-0.4, -0.2) is 44.9 Å². The number of ketones is 1. The quantitative estimate of drug-likeness (QED) is 0.411. The van der Waals surface area contributed by atoms with Crippen molar-refractivity contribution in [2.75, 3.05) is 14.1 Å². The molecule has 0 fully saturated rings. The zero-order valence-corrected chi connectivity index (χ0v) is 19.3. The van der Waals surface area contributed by atoms with Gasteiger partial charge in [-0.05, 0) is 32.0 Å². The van der Waals surface area contributed by atoms with Crippen molar-refractivity contribution in [3.05, 3.63) is 89.6 Å².